The monoisotopic (exact) mass is 318 g/mol. The van der Waals surface area contributed by atoms with Crippen LogP contribution in [0.5, 0.6) is 0 Å². The lowest BCUT2D eigenvalue weighted by atomic mass is 10.0. The molecule has 0 heterocycles. The van der Waals surface area contributed by atoms with Gasteiger partial charge in [0.1, 0.15) is 6.10 Å². The van der Waals surface area contributed by atoms with Gasteiger partial charge in [0.15, 0.2) is 6.10 Å². The molecule has 3 N–H and O–H groups in total. The molecule has 2 atom stereocenters. The fraction of sp³-hybridized carbons (Fsp3) is 0.273. The van der Waals surface area contributed by atoms with Crippen LogP contribution in [-0.4, -0.2) is 40.5 Å². The van der Waals surface area contributed by atoms with Gasteiger partial charge in [-0.1, -0.05) is 15.9 Å². The smallest absolute Gasteiger partial charge is 0.337 e. The standard InChI is InChI=1S/C11H11BrO6/c1-18-11(17)9(14)8(13)5-2-6(10(15)16)4-7(12)3-5/h2-4,8-9,13-14H,1H3,(H,15,16). The van der Waals surface area contributed by atoms with Gasteiger partial charge >= 0.3 is 11.9 Å². The summed E-state index contributed by atoms with van der Waals surface area (Å²) in [5.41, 5.74) is 0.0233. The Morgan fingerprint density at radius 3 is 2.39 bits per heavy atom. The quantitative estimate of drug-likeness (QED) is 0.706. The van der Waals surface area contributed by atoms with E-state index in [1.165, 1.54) is 18.2 Å². The summed E-state index contributed by atoms with van der Waals surface area (Å²) in [7, 11) is 1.07. The molecular weight excluding hydrogens is 308 g/mol. The maximum Gasteiger partial charge on any atom is 0.337 e. The summed E-state index contributed by atoms with van der Waals surface area (Å²) < 4.78 is 4.70. The molecule has 6 nitrogen and oxygen atoms in total. The summed E-state index contributed by atoms with van der Waals surface area (Å²) in [4.78, 5) is 21.9. The topological polar surface area (TPSA) is 104 Å². The summed E-state index contributed by atoms with van der Waals surface area (Å²) in [5, 5.41) is 28.1. The van der Waals surface area contributed by atoms with Crippen LogP contribution < -0.4 is 0 Å². The van der Waals surface area contributed by atoms with E-state index in [4.69, 9.17) is 5.11 Å². The minimum absolute atomic E-state index is 0.0736. The normalized spacial score (nSPS) is 13.8. The number of ether oxygens (including phenoxy) is 1. The van der Waals surface area contributed by atoms with Crippen LogP contribution in [0.4, 0.5) is 0 Å². The lowest BCUT2D eigenvalue weighted by Crippen LogP contribution is -2.29. The third kappa shape index (κ3) is 3.28. The Morgan fingerprint density at radius 1 is 1.28 bits per heavy atom. The highest BCUT2D eigenvalue weighted by Gasteiger charge is 2.27. The van der Waals surface area contributed by atoms with Gasteiger partial charge in [-0.2, -0.15) is 0 Å². The number of methoxy groups -OCH3 is 1. The van der Waals surface area contributed by atoms with Crippen molar-refractivity contribution in [3.8, 4) is 0 Å². The van der Waals surface area contributed by atoms with Crippen molar-refractivity contribution in [1.82, 2.24) is 0 Å². The SMILES string of the molecule is COC(=O)C(O)C(O)c1cc(Br)cc(C(=O)O)c1. The Hall–Kier alpha value is -1.44. The molecule has 98 valence electrons. The summed E-state index contributed by atoms with van der Waals surface area (Å²) >= 11 is 3.08. The molecule has 0 spiro atoms. The Kier molecular flexibility index (Phi) is 4.83. The lowest BCUT2D eigenvalue weighted by Gasteiger charge is -2.16. The number of carbonyl (C=O) groups excluding carboxylic acids is 1. The Morgan fingerprint density at radius 2 is 1.89 bits per heavy atom. The van der Waals surface area contributed by atoms with Crippen LogP contribution in [-0.2, 0) is 9.53 Å². The molecule has 0 saturated heterocycles. The molecule has 0 aliphatic heterocycles. The van der Waals surface area contributed by atoms with E-state index in [2.05, 4.69) is 20.7 Å². The highest BCUT2D eigenvalue weighted by atomic mass is 79.9. The number of hydrogen-bond donors (Lipinski definition) is 3. The number of aromatic carboxylic acids is 1. The van der Waals surface area contributed by atoms with Gasteiger partial charge in [-0.05, 0) is 23.8 Å². The first kappa shape index (κ1) is 14.6. The number of benzene rings is 1. The predicted octanol–water partition coefficient (Wildman–Crippen LogP) is 0.715. The van der Waals surface area contributed by atoms with Crippen molar-refractivity contribution in [2.45, 2.75) is 12.2 Å². The zero-order valence-corrected chi connectivity index (χ0v) is 10.9. The van der Waals surface area contributed by atoms with Crippen LogP contribution >= 0.6 is 15.9 Å². The van der Waals surface area contributed by atoms with Gasteiger partial charge in [0.2, 0.25) is 0 Å². The number of esters is 1. The zero-order chi connectivity index (χ0) is 13.9. The van der Waals surface area contributed by atoms with Gasteiger partial charge in [0.25, 0.3) is 0 Å². The number of aliphatic hydroxyl groups excluding tert-OH is 2. The maximum absolute atomic E-state index is 11.1. The molecular formula is C11H11BrO6. The third-order valence-electron chi connectivity index (χ3n) is 2.25. The van der Waals surface area contributed by atoms with Crippen LogP contribution in [0.1, 0.15) is 22.0 Å². The molecule has 0 radical (unpaired) electrons. The minimum atomic E-state index is -1.77. The number of carbonyl (C=O) groups is 2. The lowest BCUT2D eigenvalue weighted by molar-refractivity contribution is -0.156. The van der Waals surface area contributed by atoms with Crippen molar-refractivity contribution in [3.63, 3.8) is 0 Å². The van der Waals surface area contributed by atoms with Crippen molar-refractivity contribution in [3.05, 3.63) is 33.8 Å². The average molecular weight is 319 g/mol. The molecule has 0 aromatic heterocycles. The van der Waals surface area contributed by atoms with Crippen molar-refractivity contribution in [2.24, 2.45) is 0 Å². The molecule has 1 rings (SSSR count). The molecule has 2 unspecified atom stereocenters. The first-order valence-corrected chi connectivity index (χ1v) is 5.64. The average Bonchev–Trinajstić information content (AvgIpc) is 2.35. The van der Waals surface area contributed by atoms with Crippen LogP contribution in [0, 0.1) is 0 Å². The second-order valence-electron chi connectivity index (χ2n) is 3.49. The molecule has 0 bridgehead atoms. The Balaban J connectivity index is 3.09. The van der Waals surface area contributed by atoms with E-state index >= 15 is 0 Å². The van der Waals surface area contributed by atoms with Gasteiger partial charge in [-0.3, -0.25) is 0 Å². The van der Waals surface area contributed by atoms with Gasteiger partial charge in [-0.25, -0.2) is 9.59 Å². The fourth-order valence-electron chi connectivity index (χ4n) is 1.34. The fourth-order valence-corrected chi connectivity index (χ4v) is 1.85. The van der Waals surface area contributed by atoms with E-state index in [0.717, 1.165) is 7.11 Å². The van der Waals surface area contributed by atoms with Crippen molar-refractivity contribution in [1.29, 1.82) is 0 Å². The summed E-state index contributed by atoms with van der Waals surface area (Å²) in [6.07, 6.45) is -3.33. The van der Waals surface area contributed by atoms with E-state index in [0.29, 0.717) is 4.47 Å². The molecule has 0 aliphatic carbocycles. The van der Waals surface area contributed by atoms with Crippen LogP contribution in [0.2, 0.25) is 0 Å². The van der Waals surface area contributed by atoms with Crippen LogP contribution in [0.25, 0.3) is 0 Å². The highest BCUT2D eigenvalue weighted by molar-refractivity contribution is 9.10. The number of aliphatic hydroxyl groups is 2. The second-order valence-corrected chi connectivity index (χ2v) is 4.41. The second kappa shape index (κ2) is 5.94. The number of rotatable bonds is 4. The van der Waals surface area contributed by atoms with Crippen molar-refractivity contribution < 1.29 is 29.6 Å². The predicted molar refractivity (Wildman–Crippen MR) is 64.1 cm³/mol. The minimum Gasteiger partial charge on any atom is -0.478 e. The zero-order valence-electron chi connectivity index (χ0n) is 9.33. The molecule has 1 aromatic carbocycles. The molecule has 7 heteroatoms. The summed E-state index contributed by atoms with van der Waals surface area (Å²) in [5.74, 6) is -2.18. The summed E-state index contributed by atoms with van der Waals surface area (Å²) in [6, 6.07) is 3.91. The maximum atomic E-state index is 11.1. The van der Waals surface area contributed by atoms with Gasteiger partial charge < -0.3 is 20.1 Å². The van der Waals surface area contributed by atoms with Gasteiger partial charge in [0.05, 0.1) is 12.7 Å². The Bertz CT molecular complexity index is 473. The molecule has 0 fully saturated rings. The number of carboxylic acid groups (broad SMARTS) is 1. The van der Waals surface area contributed by atoms with Gasteiger partial charge in [-0.15, -0.1) is 0 Å². The molecule has 0 amide bonds. The number of hydrogen-bond acceptors (Lipinski definition) is 5. The number of halogens is 1. The van der Waals surface area contributed by atoms with Crippen LogP contribution in [0.15, 0.2) is 22.7 Å². The number of carboxylic acids is 1. The van der Waals surface area contributed by atoms with E-state index in [1.807, 2.05) is 0 Å². The first-order chi connectivity index (χ1) is 8.36. The molecule has 0 aliphatic rings. The molecule has 0 saturated carbocycles. The summed E-state index contributed by atoms with van der Waals surface area (Å²) in [6.45, 7) is 0. The highest BCUT2D eigenvalue weighted by Crippen LogP contribution is 2.23. The molecule has 1 aromatic rings. The van der Waals surface area contributed by atoms with Gasteiger partial charge in [0, 0.05) is 4.47 Å². The van der Waals surface area contributed by atoms with E-state index in [1.54, 1.807) is 0 Å². The van der Waals surface area contributed by atoms with Crippen molar-refractivity contribution >= 4 is 27.9 Å². The van der Waals surface area contributed by atoms with E-state index < -0.39 is 24.1 Å². The van der Waals surface area contributed by atoms with E-state index in [-0.39, 0.29) is 11.1 Å². The molecule has 18 heavy (non-hydrogen) atoms. The Labute approximate surface area is 111 Å². The first-order valence-electron chi connectivity index (χ1n) is 4.84. The third-order valence-corrected chi connectivity index (χ3v) is 2.71. The van der Waals surface area contributed by atoms with Crippen molar-refractivity contribution in [2.75, 3.05) is 7.11 Å². The largest absolute Gasteiger partial charge is 0.478 e. The van der Waals surface area contributed by atoms with E-state index in [9.17, 15) is 19.8 Å². The van der Waals surface area contributed by atoms with Crippen LogP contribution in [0.3, 0.4) is 0 Å².